The Morgan fingerprint density at radius 2 is 1.72 bits per heavy atom. The highest BCUT2D eigenvalue weighted by molar-refractivity contribution is 5.81. The zero-order valence-electron chi connectivity index (χ0n) is 14.6. The molecule has 1 unspecified atom stereocenters. The Balaban J connectivity index is 1.40. The molecule has 4 rings (SSSR count). The maximum atomic E-state index is 4.82. The minimum Gasteiger partial charge on any atom is -0.381 e. The zero-order chi connectivity index (χ0) is 16.9. The van der Waals surface area contributed by atoms with Gasteiger partial charge in [-0.25, -0.2) is 0 Å². The summed E-state index contributed by atoms with van der Waals surface area (Å²) in [7, 11) is 0. The SMILES string of the molecule is c1ccc(CN2CCN=C2N2CCCC(Nc3ccccc3)C2)cc1. The first-order chi connectivity index (χ1) is 12.4. The van der Waals surface area contributed by atoms with Crippen molar-refractivity contribution in [3.8, 4) is 0 Å². The topological polar surface area (TPSA) is 30.9 Å². The van der Waals surface area contributed by atoms with Crippen molar-refractivity contribution in [3.05, 3.63) is 66.2 Å². The molecule has 0 amide bonds. The van der Waals surface area contributed by atoms with Crippen LogP contribution >= 0.6 is 0 Å². The highest BCUT2D eigenvalue weighted by atomic mass is 15.4. The van der Waals surface area contributed by atoms with Gasteiger partial charge in [0.05, 0.1) is 6.54 Å². The lowest BCUT2D eigenvalue weighted by molar-refractivity contribution is 0.279. The van der Waals surface area contributed by atoms with Crippen molar-refractivity contribution >= 4 is 11.6 Å². The van der Waals surface area contributed by atoms with Crippen LogP contribution in [0.3, 0.4) is 0 Å². The molecule has 25 heavy (non-hydrogen) atoms. The van der Waals surface area contributed by atoms with Gasteiger partial charge < -0.3 is 15.1 Å². The number of aliphatic imine (C=N–C) groups is 1. The third kappa shape index (κ3) is 3.95. The summed E-state index contributed by atoms with van der Waals surface area (Å²) in [5, 5.41) is 3.68. The van der Waals surface area contributed by atoms with Crippen molar-refractivity contribution in [2.45, 2.75) is 25.4 Å². The van der Waals surface area contributed by atoms with E-state index in [1.165, 1.54) is 30.1 Å². The fourth-order valence-corrected chi connectivity index (χ4v) is 3.77. The minimum absolute atomic E-state index is 0.484. The van der Waals surface area contributed by atoms with E-state index in [4.69, 9.17) is 4.99 Å². The van der Waals surface area contributed by atoms with Crippen LogP contribution in [-0.2, 0) is 6.54 Å². The molecule has 4 heteroatoms. The smallest absolute Gasteiger partial charge is 0.197 e. The molecule has 1 saturated heterocycles. The second-order valence-electron chi connectivity index (χ2n) is 6.88. The van der Waals surface area contributed by atoms with Gasteiger partial charge in [0.15, 0.2) is 5.96 Å². The van der Waals surface area contributed by atoms with Crippen LogP contribution < -0.4 is 5.32 Å². The first-order valence-electron chi connectivity index (χ1n) is 9.28. The van der Waals surface area contributed by atoms with Gasteiger partial charge in [-0.15, -0.1) is 0 Å². The van der Waals surface area contributed by atoms with Gasteiger partial charge in [0, 0.05) is 37.9 Å². The standard InChI is InChI=1S/C21H26N4/c1-3-8-18(9-4-1)16-25-15-13-22-21(25)24-14-7-12-20(17-24)23-19-10-5-2-6-11-19/h1-6,8-11,20,23H,7,12-17H2. The predicted octanol–water partition coefficient (Wildman–Crippen LogP) is 3.43. The van der Waals surface area contributed by atoms with Crippen molar-refractivity contribution < 1.29 is 0 Å². The third-order valence-corrected chi connectivity index (χ3v) is 4.97. The monoisotopic (exact) mass is 334 g/mol. The van der Waals surface area contributed by atoms with E-state index in [1.54, 1.807) is 0 Å². The van der Waals surface area contributed by atoms with Crippen molar-refractivity contribution in [2.24, 2.45) is 4.99 Å². The molecule has 2 aliphatic rings. The fraction of sp³-hybridized carbons (Fsp3) is 0.381. The molecule has 1 atom stereocenters. The molecule has 2 aromatic rings. The Labute approximate surface area is 150 Å². The molecule has 0 aromatic heterocycles. The molecular weight excluding hydrogens is 308 g/mol. The van der Waals surface area contributed by atoms with Gasteiger partial charge in [-0.05, 0) is 30.5 Å². The molecule has 0 saturated carbocycles. The van der Waals surface area contributed by atoms with Gasteiger partial charge in [0.2, 0.25) is 0 Å². The molecule has 1 fully saturated rings. The van der Waals surface area contributed by atoms with Crippen LogP contribution in [-0.4, -0.2) is 48.0 Å². The highest BCUT2D eigenvalue weighted by Gasteiger charge is 2.27. The number of piperidine rings is 1. The van der Waals surface area contributed by atoms with Gasteiger partial charge in [-0.2, -0.15) is 0 Å². The van der Waals surface area contributed by atoms with Crippen LogP contribution in [0.25, 0.3) is 0 Å². The molecule has 0 radical (unpaired) electrons. The van der Waals surface area contributed by atoms with Crippen LogP contribution in [0.5, 0.6) is 0 Å². The van der Waals surface area contributed by atoms with E-state index in [-0.39, 0.29) is 0 Å². The van der Waals surface area contributed by atoms with Gasteiger partial charge in [-0.3, -0.25) is 4.99 Å². The number of guanidine groups is 1. The molecule has 2 heterocycles. The Morgan fingerprint density at radius 1 is 0.960 bits per heavy atom. The van der Waals surface area contributed by atoms with Gasteiger partial charge in [0.25, 0.3) is 0 Å². The van der Waals surface area contributed by atoms with Gasteiger partial charge in [0.1, 0.15) is 0 Å². The van der Waals surface area contributed by atoms with E-state index in [9.17, 15) is 0 Å². The molecule has 4 nitrogen and oxygen atoms in total. The number of nitrogens with zero attached hydrogens (tertiary/aromatic N) is 3. The number of anilines is 1. The summed E-state index contributed by atoms with van der Waals surface area (Å²) in [6, 6.07) is 21.7. The average molecular weight is 334 g/mol. The molecule has 0 aliphatic carbocycles. The van der Waals surface area contributed by atoms with Gasteiger partial charge >= 0.3 is 0 Å². The van der Waals surface area contributed by atoms with E-state index in [0.717, 1.165) is 32.7 Å². The fourth-order valence-electron chi connectivity index (χ4n) is 3.77. The highest BCUT2D eigenvalue weighted by Crippen LogP contribution is 2.19. The maximum absolute atomic E-state index is 4.82. The van der Waals surface area contributed by atoms with Crippen LogP contribution in [0.4, 0.5) is 5.69 Å². The quantitative estimate of drug-likeness (QED) is 0.929. The summed E-state index contributed by atoms with van der Waals surface area (Å²) in [4.78, 5) is 9.72. The number of para-hydroxylation sites is 1. The molecule has 0 spiro atoms. The molecular formula is C21H26N4. The molecule has 0 bridgehead atoms. The van der Waals surface area contributed by atoms with E-state index in [2.05, 4.69) is 75.8 Å². The van der Waals surface area contributed by atoms with E-state index in [1.807, 2.05) is 0 Å². The van der Waals surface area contributed by atoms with E-state index >= 15 is 0 Å². The first-order valence-corrected chi connectivity index (χ1v) is 9.28. The minimum atomic E-state index is 0.484. The Hall–Kier alpha value is -2.49. The summed E-state index contributed by atoms with van der Waals surface area (Å²) in [5.74, 6) is 1.18. The van der Waals surface area contributed by atoms with Crippen molar-refractivity contribution in [2.75, 3.05) is 31.5 Å². The van der Waals surface area contributed by atoms with Crippen LogP contribution in [0, 0.1) is 0 Å². The third-order valence-electron chi connectivity index (χ3n) is 4.97. The van der Waals surface area contributed by atoms with E-state index < -0.39 is 0 Å². The lowest BCUT2D eigenvalue weighted by Crippen LogP contribution is -2.49. The van der Waals surface area contributed by atoms with Crippen LogP contribution in [0.2, 0.25) is 0 Å². The number of hydrogen-bond donors (Lipinski definition) is 1. The zero-order valence-corrected chi connectivity index (χ0v) is 14.6. The Bertz CT molecular complexity index is 698. The van der Waals surface area contributed by atoms with Crippen LogP contribution in [0.1, 0.15) is 18.4 Å². The molecule has 2 aromatic carbocycles. The van der Waals surface area contributed by atoms with E-state index in [0.29, 0.717) is 6.04 Å². The number of likely N-dealkylation sites (tertiary alicyclic amines) is 1. The van der Waals surface area contributed by atoms with Crippen molar-refractivity contribution in [1.82, 2.24) is 9.80 Å². The number of nitrogens with one attached hydrogen (secondary N) is 1. The summed E-state index contributed by atoms with van der Waals surface area (Å²) in [6.07, 6.45) is 2.43. The lowest BCUT2D eigenvalue weighted by Gasteiger charge is -2.37. The molecule has 130 valence electrons. The summed E-state index contributed by atoms with van der Waals surface area (Å²) in [5.41, 5.74) is 2.57. The second kappa shape index (κ2) is 7.60. The number of benzene rings is 2. The summed E-state index contributed by atoms with van der Waals surface area (Å²) < 4.78 is 0. The largest absolute Gasteiger partial charge is 0.381 e. The van der Waals surface area contributed by atoms with Crippen LogP contribution in [0.15, 0.2) is 65.7 Å². The first kappa shape index (κ1) is 16.0. The summed E-state index contributed by atoms with van der Waals surface area (Å²) >= 11 is 0. The Kier molecular flexibility index (Phi) is 4.86. The second-order valence-corrected chi connectivity index (χ2v) is 6.88. The van der Waals surface area contributed by atoms with Crippen molar-refractivity contribution in [1.29, 1.82) is 0 Å². The maximum Gasteiger partial charge on any atom is 0.197 e. The predicted molar refractivity (Wildman–Crippen MR) is 104 cm³/mol. The number of hydrogen-bond acceptors (Lipinski definition) is 4. The average Bonchev–Trinajstić information content (AvgIpc) is 3.12. The lowest BCUT2D eigenvalue weighted by atomic mass is 10.1. The van der Waals surface area contributed by atoms with Crippen molar-refractivity contribution in [3.63, 3.8) is 0 Å². The summed E-state index contributed by atoms with van der Waals surface area (Å²) in [6.45, 7) is 5.02. The molecule has 2 aliphatic heterocycles. The molecule has 1 N–H and O–H groups in total. The number of rotatable bonds is 4. The Morgan fingerprint density at radius 3 is 2.52 bits per heavy atom. The van der Waals surface area contributed by atoms with Gasteiger partial charge in [-0.1, -0.05) is 48.5 Å². The normalized spacial score (nSPS) is 20.5.